The molecule has 2 aromatic rings. The zero-order valence-corrected chi connectivity index (χ0v) is 12.8. The molecule has 22 heavy (non-hydrogen) atoms. The van der Waals surface area contributed by atoms with E-state index in [4.69, 9.17) is 16.6 Å². The number of benzene rings is 1. The van der Waals surface area contributed by atoms with Crippen molar-refractivity contribution in [2.24, 2.45) is 11.5 Å². The van der Waals surface area contributed by atoms with Crippen LogP contribution in [0, 0.1) is 0 Å². The minimum absolute atomic E-state index is 0.0115. The van der Waals surface area contributed by atoms with E-state index in [1.54, 1.807) is 6.07 Å². The van der Waals surface area contributed by atoms with Crippen LogP contribution in [0.1, 0.15) is 18.9 Å². The van der Waals surface area contributed by atoms with E-state index in [2.05, 4.69) is 11.9 Å². The van der Waals surface area contributed by atoms with Crippen LogP contribution in [0.4, 0.5) is 0 Å². The molecule has 0 spiro atoms. The summed E-state index contributed by atoms with van der Waals surface area (Å²) in [6.07, 6.45) is 4.21. The van der Waals surface area contributed by atoms with Gasteiger partial charge in [0.2, 0.25) is 0 Å². The predicted octanol–water partition coefficient (Wildman–Crippen LogP) is 0.813. The molecule has 0 aliphatic carbocycles. The van der Waals surface area contributed by atoms with E-state index in [9.17, 15) is 9.90 Å². The molecule has 2 rings (SSSR count). The standard InChI is InChI=1S/C11H13NO.C4H9N3O2/c1-2-3-8-7-12-11-5-4-9(13)6-10(8)11;1-7(4(5)6)2-3(8)9/h4-7,12-13H,2-3H2,1H3;2H2,1H3,(H4,5,6,8,9)/p+1. The SMILES string of the molecule is CCCc1c[nH]c2ccc(O)cc12.C[N+](CC(=O)O)=C(N)N. The second kappa shape index (κ2) is 7.92. The maximum Gasteiger partial charge on any atom is 0.341 e. The number of nitrogens with one attached hydrogen (secondary N) is 1. The van der Waals surface area contributed by atoms with Crippen molar-refractivity contribution < 1.29 is 19.6 Å². The fourth-order valence-electron chi connectivity index (χ4n) is 1.94. The lowest BCUT2D eigenvalue weighted by molar-refractivity contribution is -0.489. The molecule has 0 saturated carbocycles. The van der Waals surface area contributed by atoms with Crippen molar-refractivity contribution in [2.75, 3.05) is 13.6 Å². The van der Waals surface area contributed by atoms with Gasteiger partial charge in [0.25, 0.3) is 0 Å². The fourth-order valence-corrected chi connectivity index (χ4v) is 1.94. The van der Waals surface area contributed by atoms with E-state index in [0.717, 1.165) is 23.7 Å². The number of aromatic hydroxyl groups is 1. The van der Waals surface area contributed by atoms with Gasteiger partial charge in [-0.15, -0.1) is 0 Å². The number of phenolic OH excluding ortho intramolecular Hbond substituents is 1. The Hall–Kier alpha value is -2.70. The molecule has 0 fully saturated rings. The number of carboxylic acid groups (broad SMARTS) is 1. The van der Waals surface area contributed by atoms with Crippen LogP contribution in [0.3, 0.4) is 0 Å². The van der Waals surface area contributed by atoms with Gasteiger partial charge in [-0.2, -0.15) is 0 Å². The van der Waals surface area contributed by atoms with Crippen molar-refractivity contribution in [3.8, 4) is 5.75 Å². The highest BCUT2D eigenvalue weighted by atomic mass is 16.4. The highest BCUT2D eigenvalue weighted by Gasteiger charge is 2.03. The quantitative estimate of drug-likeness (QED) is 0.324. The molecule has 1 aromatic carbocycles. The van der Waals surface area contributed by atoms with Gasteiger partial charge in [-0.05, 0) is 30.2 Å². The number of hydrogen-bond donors (Lipinski definition) is 5. The van der Waals surface area contributed by atoms with Crippen LogP contribution >= 0.6 is 0 Å². The monoisotopic (exact) mass is 307 g/mol. The number of aromatic nitrogens is 1. The molecular formula is C15H23N4O3+. The molecule has 0 atom stereocenters. The van der Waals surface area contributed by atoms with Crippen LogP contribution in [0.25, 0.3) is 10.9 Å². The van der Waals surface area contributed by atoms with Gasteiger partial charge in [-0.3, -0.25) is 16.0 Å². The Balaban J connectivity index is 0.000000239. The molecule has 7 nitrogen and oxygen atoms in total. The lowest BCUT2D eigenvalue weighted by Gasteiger charge is -1.96. The van der Waals surface area contributed by atoms with Crippen molar-refractivity contribution in [1.29, 1.82) is 0 Å². The number of rotatable bonds is 4. The summed E-state index contributed by atoms with van der Waals surface area (Å²) in [5.41, 5.74) is 12.5. The number of H-pyrrole nitrogens is 1. The molecule has 0 aliphatic rings. The first kappa shape index (κ1) is 17.4. The molecule has 0 amide bonds. The van der Waals surface area contributed by atoms with Crippen LogP contribution in [-0.4, -0.2) is 45.3 Å². The highest BCUT2D eigenvalue weighted by Crippen LogP contribution is 2.23. The summed E-state index contributed by atoms with van der Waals surface area (Å²) >= 11 is 0. The molecule has 7 heteroatoms. The van der Waals surface area contributed by atoms with E-state index in [0.29, 0.717) is 5.75 Å². The first-order chi connectivity index (χ1) is 10.3. The first-order valence-corrected chi connectivity index (χ1v) is 6.95. The average Bonchev–Trinajstić information content (AvgIpc) is 2.82. The molecule has 0 aliphatic heterocycles. The van der Waals surface area contributed by atoms with Crippen LogP contribution in [-0.2, 0) is 11.2 Å². The second-order valence-electron chi connectivity index (χ2n) is 4.97. The summed E-state index contributed by atoms with van der Waals surface area (Å²) < 4.78 is 1.24. The summed E-state index contributed by atoms with van der Waals surface area (Å²) in [7, 11) is 1.50. The molecular weight excluding hydrogens is 284 g/mol. The third-order valence-electron chi connectivity index (χ3n) is 3.08. The Kier molecular flexibility index (Phi) is 6.25. The molecule has 0 unspecified atom stereocenters. The second-order valence-corrected chi connectivity index (χ2v) is 4.97. The fraction of sp³-hybridized carbons (Fsp3) is 0.333. The molecule has 120 valence electrons. The molecule has 0 saturated heterocycles. The number of phenols is 1. The number of aliphatic carboxylic acids is 1. The number of aryl methyl sites for hydroxylation is 1. The maximum absolute atomic E-state index is 9.95. The molecule has 0 bridgehead atoms. The van der Waals surface area contributed by atoms with E-state index in [1.807, 2.05) is 18.3 Å². The zero-order chi connectivity index (χ0) is 16.7. The Morgan fingerprint density at radius 3 is 2.55 bits per heavy atom. The van der Waals surface area contributed by atoms with E-state index in [1.165, 1.54) is 17.2 Å². The number of aromatic amines is 1. The Morgan fingerprint density at radius 2 is 2.05 bits per heavy atom. The topological polar surface area (TPSA) is 128 Å². The van der Waals surface area contributed by atoms with Crippen molar-refractivity contribution in [2.45, 2.75) is 19.8 Å². The van der Waals surface area contributed by atoms with Crippen molar-refractivity contribution in [3.63, 3.8) is 0 Å². The number of carbonyl (C=O) groups is 1. The van der Waals surface area contributed by atoms with Gasteiger partial charge < -0.3 is 15.2 Å². The molecule has 7 N–H and O–H groups in total. The van der Waals surface area contributed by atoms with Gasteiger partial charge in [-0.25, -0.2) is 4.79 Å². The minimum atomic E-state index is -0.953. The average molecular weight is 307 g/mol. The van der Waals surface area contributed by atoms with Gasteiger partial charge in [0.15, 0.2) is 6.54 Å². The van der Waals surface area contributed by atoms with Gasteiger partial charge in [0.1, 0.15) is 5.75 Å². The third kappa shape index (κ3) is 5.01. The van der Waals surface area contributed by atoms with E-state index >= 15 is 0 Å². The number of fused-ring (bicyclic) bond motifs is 1. The minimum Gasteiger partial charge on any atom is -0.508 e. The van der Waals surface area contributed by atoms with Crippen molar-refractivity contribution in [3.05, 3.63) is 30.0 Å². The Morgan fingerprint density at radius 1 is 1.36 bits per heavy atom. The Bertz CT molecular complexity index is 672. The Labute approximate surface area is 128 Å². The van der Waals surface area contributed by atoms with E-state index < -0.39 is 5.97 Å². The van der Waals surface area contributed by atoms with Gasteiger partial charge >= 0.3 is 11.9 Å². The summed E-state index contributed by atoms with van der Waals surface area (Å²) in [5.74, 6) is -0.604. The summed E-state index contributed by atoms with van der Waals surface area (Å²) in [4.78, 5) is 13.1. The normalized spacial score (nSPS) is 9.91. The molecule has 1 heterocycles. The number of guanidine groups is 1. The van der Waals surface area contributed by atoms with Crippen LogP contribution in [0.2, 0.25) is 0 Å². The number of likely N-dealkylation sites (N-methyl/N-ethyl adjacent to an activating group) is 1. The summed E-state index contributed by atoms with van der Waals surface area (Å²) in [5, 5.41) is 18.6. The van der Waals surface area contributed by atoms with Crippen LogP contribution in [0.15, 0.2) is 24.4 Å². The van der Waals surface area contributed by atoms with Gasteiger partial charge in [0.05, 0.1) is 7.05 Å². The largest absolute Gasteiger partial charge is 0.508 e. The molecule has 0 radical (unpaired) electrons. The third-order valence-corrected chi connectivity index (χ3v) is 3.08. The van der Waals surface area contributed by atoms with Gasteiger partial charge in [-0.1, -0.05) is 13.3 Å². The highest BCUT2D eigenvalue weighted by molar-refractivity contribution is 5.84. The lowest BCUT2D eigenvalue weighted by atomic mass is 10.1. The predicted molar refractivity (Wildman–Crippen MR) is 86.0 cm³/mol. The van der Waals surface area contributed by atoms with Crippen molar-refractivity contribution in [1.82, 2.24) is 4.98 Å². The summed E-state index contributed by atoms with van der Waals surface area (Å²) in [6, 6.07) is 5.43. The summed E-state index contributed by atoms with van der Waals surface area (Å²) in [6.45, 7) is 1.99. The number of carboxylic acids is 1. The van der Waals surface area contributed by atoms with Gasteiger partial charge in [0, 0.05) is 17.1 Å². The number of nitrogens with zero attached hydrogens (tertiary/aromatic N) is 1. The maximum atomic E-state index is 9.95. The first-order valence-electron chi connectivity index (χ1n) is 6.95. The smallest absolute Gasteiger partial charge is 0.341 e. The lowest BCUT2D eigenvalue weighted by Crippen LogP contribution is -2.36. The van der Waals surface area contributed by atoms with Crippen LogP contribution in [0.5, 0.6) is 5.75 Å². The molecule has 1 aromatic heterocycles. The zero-order valence-electron chi connectivity index (χ0n) is 12.8. The number of nitrogens with two attached hydrogens (primary N) is 2. The van der Waals surface area contributed by atoms with E-state index in [-0.39, 0.29) is 12.5 Å². The number of hydrogen-bond acceptors (Lipinski definition) is 2. The van der Waals surface area contributed by atoms with Crippen molar-refractivity contribution >= 4 is 22.8 Å². The van der Waals surface area contributed by atoms with Crippen LogP contribution < -0.4 is 11.5 Å².